The SMILES string of the molecule is Cl.NC(=O)c1ccc(Br)cc1F. The highest BCUT2D eigenvalue weighted by Gasteiger charge is 2.06. The number of benzene rings is 1. The molecule has 0 saturated carbocycles. The number of nitrogens with two attached hydrogens (primary N) is 1. The maximum absolute atomic E-state index is 12.8. The third-order valence-corrected chi connectivity index (χ3v) is 1.69. The van der Waals surface area contributed by atoms with E-state index < -0.39 is 11.7 Å². The second-order valence-corrected chi connectivity index (χ2v) is 2.90. The van der Waals surface area contributed by atoms with Gasteiger partial charge >= 0.3 is 0 Å². The van der Waals surface area contributed by atoms with Gasteiger partial charge in [0.2, 0.25) is 0 Å². The van der Waals surface area contributed by atoms with Crippen LogP contribution in [0.25, 0.3) is 0 Å². The predicted octanol–water partition coefficient (Wildman–Crippen LogP) is 2.11. The van der Waals surface area contributed by atoms with Crippen molar-refractivity contribution in [3.8, 4) is 0 Å². The largest absolute Gasteiger partial charge is 0.366 e. The van der Waals surface area contributed by atoms with Gasteiger partial charge in [-0.1, -0.05) is 15.9 Å². The van der Waals surface area contributed by atoms with Crippen molar-refractivity contribution < 1.29 is 9.18 Å². The first-order valence-corrected chi connectivity index (χ1v) is 3.65. The smallest absolute Gasteiger partial charge is 0.251 e. The van der Waals surface area contributed by atoms with Crippen molar-refractivity contribution in [1.82, 2.24) is 0 Å². The van der Waals surface area contributed by atoms with Gasteiger partial charge in [0.1, 0.15) is 5.82 Å². The molecule has 0 saturated heterocycles. The van der Waals surface area contributed by atoms with E-state index in [4.69, 9.17) is 5.73 Å². The number of halogens is 3. The molecule has 0 unspecified atom stereocenters. The predicted molar refractivity (Wildman–Crippen MR) is 49.9 cm³/mol. The molecule has 0 spiro atoms. The molecule has 0 atom stereocenters. The first-order chi connectivity index (χ1) is 5.11. The van der Waals surface area contributed by atoms with Crippen molar-refractivity contribution >= 4 is 34.2 Å². The molecule has 0 radical (unpaired) electrons. The van der Waals surface area contributed by atoms with Gasteiger partial charge in [-0.3, -0.25) is 4.79 Å². The Morgan fingerprint density at radius 3 is 2.50 bits per heavy atom. The lowest BCUT2D eigenvalue weighted by Crippen LogP contribution is -2.12. The molecular weight excluding hydrogens is 248 g/mol. The van der Waals surface area contributed by atoms with Gasteiger partial charge < -0.3 is 5.73 Å². The van der Waals surface area contributed by atoms with Gasteiger partial charge in [0.05, 0.1) is 5.56 Å². The van der Waals surface area contributed by atoms with Crippen molar-refractivity contribution in [2.24, 2.45) is 5.73 Å². The molecule has 1 rings (SSSR count). The van der Waals surface area contributed by atoms with E-state index in [0.717, 1.165) is 0 Å². The Balaban J connectivity index is 0.00000121. The highest BCUT2D eigenvalue weighted by atomic mass is 79.9. The van der Waals surface area contributed by atoms with Crippen LogP contribution in [0.1, 0.15) is 10.4 Å². The summed E-state index contributed by atoms with van der Waals surface area (Å²) in [6.07, 6.45) is 0. The quantitative estimate of drug-likeness (QED) is 0.819. The topological polar surface area (TPSA) is 43.1 Å². The Labute approximate surface area is 83.5 Å². The highest BCUT2D eigenvalue weighted by molar-refractivity contribution is 9.10. The van der Waals surface area contributed by atoms with Crippen LogP contribution in [0.4, 0.5) is 4.39 Å². The first kappa shape index (κ1) is 11.4. The van der Waals surface area contributed by atoms with Gasteiger partial charge in [0.25, 0.3) is 5.91 Å². The number of primary amides is 1. The lowest BCUT2D eigenvalue weighted by atomic mass is 10.2. The molecule has 0 heterocycles. The first-order valence-electron chi connectivity index (χ1n) is 2.86. The Hall–Kier alpha value is -0.610. The van der Waals surface area contributed by atoms with Gasteiger partial charge in [-0.2, -0.15) is 0 Å². The fourth-order valence-corrected chi connectivity index (χ4v) is 1.02. The number of rotatable bonds is 1. The Kier molecular flexibility index (Phi) is 4.20. The molecule has 0 fully saturated rings. The molecule has 0 aromatic heterocycles. The minimum atomic E-state index is -0.755. The van der Waals surface area contributed by atoms with Crippen LogP contribution in [0, 0.1) is 5.82 Å². The summed E-state index contributed by atoms with van der Waals surface area (Å²) in [6, 6.07) is 4.09. The third-order valence-electron chi connectivity index (χ3n) is 1.20. The minimum Gasteiger partial charge on any atom is -0.366 e. The summed E-state index contributed by atoms with van der Waals surface area (Å²) in [5.41, 5.74) is 4.78. The van der Waals surface area contributed by atoms with Gasteiger partial charge in [-0.05, 0) is 18.2 Å². The van der Waals surface area contributed by atoms with E-state index in [1.165, 1.54) is 12.1 Å². The minimum absolute atomic E-state index is 0. The summed E-state index contributed by atoms with van der Waals surface area (Å²) >= 11 is 3.05. The summed E-state index contributed by atoms with van der Waals surface area (Å²) in [5, 5.41) is 0. The van der Waals surface area contributed by atoms with Crippen LogP contribution < -0.4 is 5.73 Å². The van der Waals surface area contributed by atoms with E-state index >= 15 is 0 Å². The lowest BCUT2D eigenvalue weighted by molar-refractivity contribution is 0.0996. The summed E-state index contributed by atoms with van der Waals surface area (Å²) in [6.45, 7) is 0. The Bertz CT molecular complexity index is 305. The summed E-state index contributed by atoms with van der Waals surface area (Å²) in [7, 11) is 0. The molecule has 1 amide bonds. The molecule has 1 aromatic carbocycles. The molecule has 0 aliphatic heterocycles. The van der Waals surface area contributed by atoms with Gasteiger partial charge in [-0.25, -0.2) is 4.39 Å². The lowest BCUT2D eigenvalue weighted by Gasteiger charge is -1.96. The molecule has 0 aliphatic rings. The van der Waals surface area contributed by atoms with E-state index in [2.05, 4.69) is 15.9 Å². The van der Waals surface area contributed by atoms with E-state index in [1.807, 2.05) is 0 Å². The zero-order valence-electron chi connectivity index (χ0n) is 5.88. The molecule has 5 heteroatoms. The molecule has 1 aromatic rings. The van der Waals surface area contributed by atoms with Crippen LogP contribution in [0.5, 0.6) is 0 Å². The van der Waals surface area contributed by atoms with E-state index in [0.29, 0.717) is 4.47 Å². The van der Waals surface area contributed by atoms with E-state index in [9.17, 15) is 9.18 Å². The fourth-order valence-electron chi connectivity index (χ4n) is 0.689. The maximum Gasteiger partial charge on any atom is 0.251 e. The third kappa shape index (κ3) is 2.46. The van der Waals surface area contributed by atoms with Crippen LogP contribution >= 0.6 is 28.3 Å². The number of hydrogen-bond acceptors (Lipinski definition) is 1. The molecule has 0 aliphatic carbocycles. The average molecular weight is 254 g/mol. The Morgan fingerprint density at radius 1 is 1.50 bits per heavy atom. The van der Waals surface area contributed by atoms with E-state index in [-0.39, 0.29) is 18.0 Å². The zero-order valence-corrected chi connectivity index (χ0v) is 8.28. The van der Waals surface area contributed by atoms with Crippen LogP contribution in [-0.2, 0) is 0 Å². The number of amides is 1. The molecule has 0 bridgehead atoms. The Morgan fingerprint density at radius 2 is 2.08 bits per heavy atom. The summed E-state index contributed by atoms with van der Waals surface area (Å²) in [5.74, 6) is -1.36. The molecular formula is C7H6BrClFNO. The maximum atomic E-state index is 12.8. The van der Waals surface area contributed by atoms with Gasteiger partial charge in [0.15, 0.2) is 0 Å². The second kappa shape index (κ2) is 4.42. The number of hydrogen-bond donors (Lipinski definition) is 1. The second-order valence-electron chi connectivity index (χ2n) is 1.99. The van der Waals surface area contributed by atoms with Crippen LogP contribution in [0.15, 0.2) is 22.7 Å². The van der Waals surface area contributed by atoms with Crippen molar-refractivity contribution in [1.29, 1.82) is 0 Å². The van der Waals surface area contributed by atoms with E-state index in [1.54, 1.807) is 6.07 Å². The normalized spacial score (nSPS) is 8.83. The van der Waals surface area contributed by atoms with Crippen molar-refractivity contribution in [2.75, 3.05) is 0 Å². The molecule has 2 nitrogen and oxygen atoms in total. The summed E-state index contributed by atoms with van der Waals surface area (Å²) in [4.78, 5) is 10.5. The zero-order chi connectivity index (χ0) is 8.43. The van der Waals surface area contributed by atoms with Crippen LogP contribution in [-0.4, -0.2) is 5.91 Å². The average Bonchev–Trinajstić information content (AvgIpc) is 1.85. The van der Waals surface area contributed by atoms with Crippen molar-refractivity contribution in [3.63, 3.8) is 0 Å². The number of carbonyl (C=O) groups excluding carboxylic acids is 1. The fraction of sp³-hybridized carbons (Fsp3) is 0. The standard InChI is InChI=1S/C7H5BrFNO.ClH/c8-4-1-2-5(7(10)11)6(9)3-4;/h1-3H,(H2,10,11);1H. The van der Waals surface area contributed by atoms with Crippen LogP contribution in [0.2, 0.25) is 0 Å². The van der Waals surface area contributed by atoms with Crippen LogP contribution in [0.3, 0.4) is 0 Å². The van der Waals surface area contributed by atoms with Crippen molar-refractivity contribution in [2.45, 2.75) is 0 Å². The van der Waals surface area contributed by atoms with Crippen molar-refractivity contribution in [3.05, 3.63) is 34.1 Å². The summed E-state index contributed by atoms with van der Waals surface area (Å²) < 4.78 is 13.4. The highest BCUT2D eigenvalue weighted by Crippen LogP contribution is 2.14. The molecule has 2 N–H and O–H groups in total. The van der Waals surface area contributed by atoms with Gasteiger partial charge in [-0.15, -0.1) is 12.4 Å². The molecule has 12 heavy (non-hydrogen) atoms. The monoisotopic (exact) mass is 253 g/mol. The molecule has 66 valence electrons. The number of carbonyl (C=O) groups is 1. The van der Waals surface area contributed by atoms with Gasteiger partial charge in [0, 0.05) is 4.47 Å².